The molecule has 1 N–H and O–H groups in total. The van der Waals surface area contributed by atoms with Crippen molar-refractivity contribution in [3.63, 3.8) is 0 Å². The number of carbonyl (C=O) groups excluding carboxylic acids is 1. The van der Waals surface area contributed by atoms with Gasteiger partial charge in [-0.3, -0.25) is 4.79 Å². The quantitative estimate of drug-likeness (QED) is 0.602. The Kier molecular flexibility index (Phi) is 7.14. The van der Waals surface area contributed by atoms with Gasteiger partial charge in [0.05, 0.1) is 0 Å². The van der Waals surface area contributed by atoms with Crippen molar-refractivity contribution in [2.24, 2.45) is 0 Å². The van der Waals surface area contributed by atoms with Crippen molar-refractivity contribution >= 4 is 6.41 Å². The molecule has 0 aromatic carbocycles. The maximum atomic E-state index is 10.0. The maximum Gasteiger partial charge on any atom is 0.207 e. The lowest BCUT2D eigenvalue weighted by Gasteiger charge is -2.04. The van der Waals surface area contributed by atoms with Gasteiger partial charge in [-0.2, -0.15) is 0 Å². The summed E-state index contributed by atoms with van der Waals surface area (Å²) in [5.41, 5.74) is 2.07. The molecular formula is C11H19N3O. The molecule has 4 nitrogen and oxygen atoms in total. The Hall–Kier alpha value is -1.45. The molecule has 0 aliphatic heterocycles. The van der Waals surface area contributed by atoms with Crippen LogP contribution in [0.1, 0.15) is 30.9 Å². The molecule has 1 aromatic rings. The highest BCUT2D eigenvalue weighted by Gasteiger charge is 2.00. The number of hydrogen-bond donors (Lipinski definition) is 1. The number of aryl methyl sites for hydroxylation is 2. The Morgan fingerprint density at radius 2 is 2.07 bits per heavy atom. The van der Waals surface area contributed by atoms with Crippen LogP contribution in [-0.2, 0) is 11.2 Å². The maximum absolute atomic E-state index is 10.0. The molecule has 0 aliphatic rings. The number of aromatic nitrogens is 2. The molecule has 0 saturated carbocycles. The molecule has 1 amide bonds. The molecule has 0 atom stereocenters. The molecular weight excluding hydrogens is 190 g/mol. The summed E-state index contributed by atoms with van der Waals surface area (Å²) in [6.07, 6.45) is 3.26. The zero-order valence-electron chi connectivity index (χ0n) is 9.87. The summed E-state index contributed by atoms with van der Waals surface area (Å²) in [5, 5.41) is 2.60. The Morgan fingerprint density at radius 3 is 2.67 bits per heavy atom. The van der Waals surface area contributed by atoms with Crippen LogP contribution in [0.15, 0.2) is 6.20 Å². The van der Waals surface area contributed by atoms with Gasteiger partial charge in [-0.05, 0) is 19.4 Å². The lowest BCUT2D eigenvalue weighted by atomic mass is 10.2. The van der Waals surface area contributed by atoms with E-state index in [9.17, 15) is 4.79 Å². The molecule has 1 aromatic heterocycles. The lowest BCUT2D eigenvalue weighted by molar-refractivity contribution is -0.109. The Labute approximate surface area is 91.1 Å². The van der Waals surface area contributed by atoms with E-state index in [1.807, 2.05) is 27.7 Å². The molecule has 0 bridgehead atoms. The van der Waals surface area contributed by atoms with Crippen LogP contribution in [-0.4, -0.2) is 22.9 Å². The standard InChI is InChI=1S/C9H13N3O.C2H6/c1-7-5-11-8(2)12-9(7)3-4-10-6-13;1-2/h5-6H,3-4H2,1-2H3,(H,10,13);1-2H3. The average Bonchev–Trinajstić information content (AvgIpc) is 2.26. The van der Waals surface area contributed by atoms with Crippen LogP contribution in [0.4, 0.5) is 0 Å². The van der Waals surface area contributed by atoms with Crippen LogP contribution in [0.2, 0.25) is 0 Å². The van der Waals surface area contributed by atoms with E-state index in [-0.39, 0.29) is 0 Å². The van der Waals surface area contributed by atoms with E-state index in [0.29, 0.717) is 13.0 Å². The summed E-state index contributed by atoms with van der Waals surface area (Å²) < 4.78 is 0. The first-order valence-corrected chi connectivity index (χ1v) is 5.20. The molecule has 0 fully saturated rings. The van der Waals surface area contributed by atoms with E-state index < -0.39 is 0 Å². The second kappa shape index (κ2) is 7.91. The van der Waals surface area contributed by atoms with E-state index in [4.69, 9.17) is 0 Å². The summed E-state index contributed by atoms with van der Waals surface area (Å²) in [4.78, 5) is 18.3. The third-order valence-corrected chi connectivity index (χ3v) is 1.79. The number of amides is 1. The highest BCUT2D eigenvalue weighted by Crippen LogP contribution is 2.03. The van der Waals surface area contributed by atoms with Crippen LogP contribution in [0.25, 0.3) is 0 Å². The average molecular weight is 209 g/mol. The Bertz CT molecular complexity index is 300. The number of nitrogens with zero attached hydrogens (tertiary/aromatic N) is 2. The zero-order chi connectivity index (χ0) is 11.7. The third-order valence-electron chi connectivity index (χ3n) is 1.79. The largest absolute Gasteiger partial charge is 0.358 e. The predicted octanol–water partition coefficient (Wildman–Crippen LogP) is 1.41. The van der Waals surface area contributed by atoms with Crippen LogP contribution < -0.4 is 5.32 Å². The number of rotatable bonds is 4. The fraction of sp³-hybridized carbons (Fsp3) is 0.545. The first-order valence-electron chi connectivity index (χ1n) is 5.20. The van der Waals surface area contributed by atoms with Crippen molar-refractivity contribution in [3.05, 3.63) is 23.3 Å². The lowest BCUT2D eigenvalue weighted by Crippen LogP contribution is -2.16. The molecule has 0 unspecified atom stereocenters. The van der Waals surface area contributed by atoms with E-state index >= 15 is 0 Å². The van der Waals surface area contributed by atoms with Gasteiger partial charge in [0.2, 0.25) is 6.41 Å². The van der Waals surface area contributed by atoms with Crippen LogP contribution >= 0.6 is 0 Å². The van der Waals surface area contributed by atoms with Crippen LogP contribution in [0, 0.1) is 13.8 Å². The molecule has 0 saturated heterocycles. The van der Waals surface area contributed by atoms with Gasteiger partial charge in [0, 0.05) is 24.9 Å². The fourth-order valence-electron chi connectivity index (χ4n) is 1.08. The molecule has 0 spiro atoms. The van der Waals surface area contributed by atoms with Gasteiger partial charge in [-0.25, -0.2) is 9.97 Å². The van der Waals surface area contributed by atoms with Crippen molar-refractivity contribution in [1.82, 2.24) is 15.3 Å². The second-order valence-electron chi connectivity index (χ2n) is 2.87. The molecule has 84 valence electrons. The van der Waals surface area contributed by atoms with E-state index in [1.165, 1.54) is 0 Å². The predicted molar refractivity (Wildman–Crippen MR) is 60.6 cm³/mol. The Morgan fingerprint density at radius 1 is 1.40 bits per heavy atom. The summed E-state index contributed by atoms with van der Waals surface area (Å²) in [6.45, 7) is 8.45. The van der Waals surface area contributed by atoms with Gasteiger partial charge < -0.3 is 5.32 Å². The van der Waals surface area contributed by atoms with Crippen molar-refractivity contribution in [1.29, 1.82) is 0 Å². The molecule has 1 rings (SSSR count). The summed E-state index contributed by atoms with van der Waals surface area (Å²) in [5.74, 6) is 0.770. The van der Waals surface area contributed by atoms with Gasteiger partial charge in [0.25, 0.3) is 0 Å². The monoisotopic (exact) mass is 209 g/mol. The second-order valence-corrected chi connectivity index (χ2v) is 2.87. The minimum Gasteiger partial charge on any atom is -0.358 e. The van der Waals surface area contributed by atoms with Crippen molar-refractivity contribution in [2.45, 2.75) is 34.1 Å². The summed E-state index contributed by atoms with van der Waals surface area (Å²) in [7, 11) is 0. The van der Waals surface area contributed by atoms with Gasteiger partial charge in [-0.15, -0.1) is 0 Å². The molecule has 15 heavy (non-hydrogen) atoms. The van der Waals surface area contributed by atoms with Gasteiger partial charge >= 0.3 is 0 Å². The molecule has 4 heteroatoms. The normalized spacial score (nSPS) is 8.80. The zero-order valence-corrected chi connectivity index (χ0v) is 9.87. The van der Waals surface area contributed by atoms with E-state index in [1.54, 1.807) is 6.20 Å². The first kappa shape index (κ1) is 13.5. The smallest absolute Gasteiger partial charge is 0.207 e. The van der Waals surface area contributed by atoms with E-state index in [2.05, 4.69) is 15.3 Å². The minimum absolute atomic E-state index is 0.626. The minimum atomic E-state index is 0.626. The summed E-state index contributed by atoms with van der Waals surface area (Å²) >= 11 is 0. The number of hydrogen-bond acceptors (Lipinski definition) is 3. The SMILES string of the molecule is CC.Cc1ncc(C)c(CCNC=O)n1. The van der Waals surface area contributed by atoms with Gasteiger partial charge in [-0.1, -0.05) is 13.8 Å². The van der Waals surface area contributed by atoms with Gasteiger partial charge in [0.15, 0.2) is 0 Å². The number of nitrogens with one attached hydrogen (secondary N) is 1. The van der Waals surface area contributed by atoms with Crippen molar-refractivity contribution in [3.8, 4) is 0 Å². The highest BCUT2D eigenvalue weighted by atomic mass is 16.1. The molecule has 0 radical (unpaired) electrons. The fourth-order valence-corrected chi connectivity index (χ4v) is 1.08. The van der Waals surface area contributed by atoms with Gasteiger partial charge in [0.1, 0.15) is 5.82 Å². The van der Waals surface area contributed by atoms with E-state index in [0.717, 1.165) is 23.5 Å². The number of carbonyl (C=O) groups is 1. The van der Waals surface area contributed by atoms with Crippen LogP contribution in [0.3, 0.4) is 0 Å². The molecule has 1 heterocycles. The highest BCUT2D eigenvalue weighted by molar-refractivity contribution is 5.45. The summed E-state index contributed by atoms with van der Waals surface area (Å²) in [6, 6.07) is 0. The first-order chi connectivity index (χ1) is 7.24. The molecule has 0 aliphatic carbocycles. The Balaban J connectivity index is 0.000000921. The topological polar surface area (TPSA) is 54.9 Å². The van der Waals surface area contributed by atoms with Crippen molar-refractivity contribution < 1.29 is 4.79 Å². The third kappa shape index (κ3) is 5.10. The van der Waals surface area contributed by atoms with Crippen molar-refractivity contribution in [2.75, 3.05) is 6.54 Å². The van der Waals surface area contributed by atoms with Crippen LogP contribution in [0.5, 0.6) is 0 Å².